The fraction of sp³-hybridized carbons (Fsp3) is 0.318. The van der Waals surface area contributed by atoms with E-state index in [1.165, 1.54) is 0 Å². The Bertz CT molecular complexity index is 898. The molecule has 1 saturated heterocycles. The monoisotopic (exact) mass is 410 g/mol. The van der Waals surface area contributed by atoms with Gasteiger partial charge in [-0.2, -0.15) is 0 Å². The molecule has 0 unspecified atom stereocenters. The van der Waals surface area contributed by atoms with Crippen LogP contribution in [0.4, 0.5) is 16.2 Å². The molecular weight excluding hydrogens is 384 g/mol. The second-order valence-electron chi connectivity index (χ2n) is 6.86. The number of urea groups is 1. The SMILES string of the molecule is CCOc1ccc(NC(=O)CNC(=O)NCc2cccc(N3CCCC3=O)c2)cc1. The molecule has 8 heteroatoms. The number of nitrogens with zero attached hydrogens (tertiary/aromatic N) is 1. The summed E-state index contributed by atoms with van der Waals surface area (Å²) >= 11 is 0. The highest BCUT2D eigenvalue weighted by Crippen LogP contribution is 2.22. The zero-order valence-electron chi connectivity index (χ0n) is 16.9. The van der Waals surface area contributed by atoms with Crippen molar-refractivity contribution in [3.63, 3.8) is 0 Å². The highest BCUT2D eigenvalue weighted by Gasteiger charge is 2.21. The van der Waals surface area contributed by atoms with Gasteiger partial charge in [0.1, 0.15) is 5.75 Å². The van der Waals surface area contributed by atoms with Crippen molar-refractivity contribution in [1.82, 2.24) is 10.6 Å². The molecular formula is C22H26N4O4. The van der Waals surface area contributed by atoms with Crippen molar-refractivity contribution in [2.45, 2.75) is 26.3 Å². The summed E-state index contributed by atoms with van der Waals surface area (Å²) in [6, 6.07) is 14.1. The molecule has 0 aromatic heterocycles. The first kappa shape index (κ1) is 21.2. The van der Waals surface area contributed by atoms with Crippen molar-refractivity contribution in [3.8, 4) is 5.75 Å². The number of hydrogen-bond donors (Lipinski definition) is 3. The number of carbonyl (C=O) groups excluding carboxylic acids is 3. The van der Waals surface area contributed by atoms with Gasteiger partial charge in [0.2, 0.25) is 11.8 Å². The summed E-state index contributed by atoms with van der Waals surface area (Å²) in [6.45, 7) is 3.34. The minimum Gasteiger partial charge on any atom is -0.494 e. The zero-order valence-corrected chi connectivity index (χ0v) is 16.9. The number of benzene rings is 2. The van der Waals surface area contributed by atoms with E-state index in [2.05, 4.69) is 16.0 Å². The lowest BCUT2D eigenvalue weighted by atomic mass is 10.2. The molecule has 2 aromatic rings. The number of amides is 4. The summed E-state index contributed by atoms with van der Waals surface area (Å²) in [5.41, 5.74) is 2.34. The molecule has 1 fully saturated rings. The maximum atomic E-state index is 12.0. The predicted octanol–water partition coefficient (Wildman–Crippen LogP) is 2.65. The van der Waals surface area contributed by atoms with E-state index in [0.29, 0.717) is 25.3 Å². The molecule has 4 amide bonds. The first-order valence-corrected chi connectivity index (χ1v) is 9.99. The van der Waals surface area contributed by atoms with Crippen LogP contribution in [0.15, 0.2) is 48.5 Å². The minimum atomic E-state index is -0.445. The third-order valence-corrected chi connectivity index (χ3v) is 4.61. The second-order valence-corrected chi connectivity index (χ2v) is 6.86. The van der Waals surface area contributed by atoms with Gasteiger partial charge in [-0.15, -0.1) is 0 Å². The van der Waals surface area contributed by atoms with E-state index in [0.717, 1.165) is 30.0 Å². The van der Waals surface area contributed by atoms with Crippen LogP contribution >= 0.6 is 0 Å². The standard InChI is InChI=1S/C22H26N4O4/c1-2-30-19-10-8-17(9-11-19)25-20(27)15-24-22(29)23-14-16-5-3-6-18(13-16)26-12-4-7-21(26)28/h3,5-6,8-11,13H,2,4,7,12,14-15H2,1H3,(H,25,27)(H2,23,24,29). The Kier molecular flexibility index (Phi) is 7.26. The molecule has 1 aliphatic heterocycles. The highest BCUT2D eigenvalue weighted by molar-refractivity contribution is 5.95. The molecule has 0 bridgehead atoms. The molecule has 0 radical (unpaired) electrons. The summed E-state index contributed by atoms with van der Waals surface area (Å²) in [6.07, 6.45) is 1.44. The van der Waals surface area contributed by atoms with Gasteiger partial charge >= 0.3 is 6.03 Å². The number of ether oxygens (including phenoxy) is 1. The molecule has 3 rings (SSSR count). The van der Waals surface area contributed by atoms with Gasteiger partial charge in [-0.3, -0.25) is 9.59 Å². The molecule has 8 nitrogen and oxygen atoms in total. The topological polar surface area (TPSA) is 99.8 Å². The first-order valence-electron chi connectivity index (χ1n) is 9.99. The molecule has 0 aliphatic carbocycles. The van der Waals surface area contributed by atoms with E-state index in [9.17, 15) is 14.4 Å². The average Bonchev–Trinajstić information content (AvgIpc) is 3.18. The third kappa shape index (κ3) is 5.97. The number of anilines is 2. The van der Waals surface area contributed by atoms with Crippen molar-refractivity contribution >= 4 is 29.2 Å². The lowest BCUT2D eigenvalue weighted by molar-refractivity contribution is -0.117. The second kappa shape index (κ2) is 10.3. The van der Waals surface area contributed by atoms with Gasteiger partial charge in [-0.1, -0.05) is 12.1 Å². The van der Waals surface area contributed by atoms with Gasteiger partial charge in [-0.25, -0.2) is 4.79 Å². The Labute approximate surface area is 175 Å². The molecule has 0 saturated carbocycles. The number of rotatable bonds is 8. The van der Waals surface area contributed by atoms with Gasteiger partial charge in [0.15, 0.2) is 0 Å². The number of carbonyl (C=O) groups is 3. The van der Waals surface area contributed by atoms with Crippen LogP contribution in [-0.2, 0) is 16.1 Å². The predicted molar refractivity (Wildman–Crippen MR) is 115 cm³/mol. The van der Waals surface area contributed by atoms with Crippen molar-refractivity contribution in [3.05, 3.63) is 54.1 Å². The minimum absolute atomic E-state index is 0.122. The zero-order chi connectivity index (χ0) is 21.3. The smallest absolute Gasteiger partial charge is 0.315 e. The maximum absolute atomic E-state index is 12.0. The normalized spacial score (nSPS) is 13.1. The molecule has 0 atom stereocenters. The number of hydrogen-bond acceptors (Lipinski definition) is 4. The van der Waals surface area contributed by atoms with E-state index >= 15 is 0 Å². The van der Waals surface area contributed by atoms with Gasteiger partial charge in [-0.05, 0) is 55.3 Å². The van der Waals surface area contributed by atoms with Crippen LogP contribution in [0.2, 0.25) is 0 Å². The van der Waals surface area contributed by atoms with Crippen molar-refractivity contribution in [1.29, 1.82) is 0 Å². The van der Waals surface area contributed by atoms with E-state index in [4.69, 9.17) is 4.74 Å². The van der Waals surface area contributed by atoms with E-state index < -0.39 is 6.03 Å². The summed E-state index contributed by atoms with van der Waals surface area (Å²) in [7, 11) is 0. The summed E-state index contributed by atoms with van der Waals surface area (Å²) < 4.78 is 5.35. The lowest BCUT2D eigenvalue weighted by Crippen LogP contribution is -2.39. The van der Waals surface area contributed by atoms with Crippen LogP contribution < -0.4 is 25.6 Å². The van der Waals surface area contributed by atoms with Crippen LogP contribution in [-0.4, -0.2) is 37.5 Å². The largest absolute Gasteiger partial charge is 0.494 e. The van der Waals surface area contributed by atoms with Crippen molar-refractivity contribution in [2.75, 3.05) is 29.9 Å². The number of nitrogens with one attached hydrogen (secondary N) is 3. The summed E-state index contributed by atoms with van der Waals surface area (Å²) in [5.74, 6) is 0.520. The van der Waals surface area contributed by atoms with E-state index in [1.54, 1.807) is 29.2 Å². The summed E-state index contributed by atoms with van der Waals surface area (Å²) in [4.78, 5) is 37.6. The van der Waals surface area contributed by atoms with Gasteiger partial charge < -0.3 is 25.6 Å². The maximum Gasteiger partial charge on any atom is 0.315 e. The molecule has 0 spiro atoms. The molecule has 30 heavy (non-hydrogen) atoms. The molecule has 1 aliphatic rings. The quantitative estimate of drug-likeness (QED) is 0.623. The Hall–Kier alpha value is -3.55. The van der Waals surface area contributed by atoms with E-state index in [1.807, 2.05) is 31.2 Å². The molecule has 1 heterocycles. The fourth-order valence-corrected chi connectivity index (χ4v) is 3.17. The van der Waals surface area contributed by atoms with Gasteiger partial charge in [0.25, 0.3) is 0 Å². The Balaban J connectivity index is 1.41. The third-order valence-electron chi connectivity index (χ3n) is 4.61. The highest BCUT2D eigenvalue weighted by atomic mass is 16.5. The van der Waals surface area contributed by atoms with Gasteiger partial charge in [0, 0.05) is 30.9 Å². The average molecular weight is 410 g/mol. The molecule has 158 valence electrons. The first-order chi connectivity index (χ1) is 14.5. The van der Waals surface area contributed by atoms with Gasteiger partial charge in [0.05, 0.1) is 13.2 Å². The lowest BCUT2D eigenvalue weighted by Gasteiger charge is -2.16. The Morgan fingerprint density at radius 1 is 1.10 bits per heavy atom. The fourth-order valence-electron chi connectivity index (χ4n) is 3.17. The molecule has 2 aromatic carbocycles. The Morgan fingerprint density at radius 2 is 1.90 bits per heavy atom. The van der Waals surface area contributed by atoms with Crippen LogP contribution in [0.1, 0.15) is 25.3 Å². The van der Waals surface area contributed by atoms with Crippen LogP contribution in [0.25, 0.3) is 0 Å². The van der Waals surface area contributed by atoms with E-state index in [-0.39, 0.29) is 18.4 Å². The van der Waals surface area contributed by atoms with Crippen LogP contribution in [0.3, 0.4) is 0 Å². The Morgan fingerprint density at radius 3 is 2.60 bits per heavy atom. The summed E-state index contributed by atoms with van der Waals surface area (Å²) in [5, 5.41) is 7.96. The van der Waals surface area contributed by atoms with Crippen LogP contribution in [0, 0.1) is 0 Å². The molecule has 3 N–H and O–H groups in total. The van der Waals surface area contributed by atoms with Crippen LogP contribution in [0.5, 0.6) is 5.75 Å². The van der Waals surface area contributed by atoms with Crippen molar-refractivity contribution in [2.24, 2.45) is 0 Å². The van der Waals surface area contributed by atoms with Crippen molar-refractivity contribution < 1.29 is 19.1 Å².